The van der Waals surface area contributed by atoms with E-state index in [1.807, 2.05) is 24.3 Å². The molecule has 0 saturated heterocycles. The highest BCUT2D eigenvalue weighted by molar-refractivity contribution is 5.65. The normalized spacial score (nSPS) is 16.5. The van der Waals surface area contributed by atoms with E-state index in [9.17, 15) is 8.78 Å². The summed E-state index contributed by atoms with van der Waals surface area (Å²) in [5.41, 5.74) is 4.38. The highest BCUT2D eigenvalue weighted by Gasteiger charge is 2.15. The van der Waals surface area contributed by atoms with Gasteiger partial charge in [0.15, 0.2) is 11.6 Å². The van der Waals surface area contributed by atoms with Crippen molar-refractivity contribution in [3.05, 3.63) is 83.0 Å². The van der Waals surface area contributed by atoms with Gasteiger partial charge in [-0.15, -0.1) is 0 Å². The molecule has 0 amide bonds. The van der Waals surface area contributed by atoms with Crippen molar-refractivity contribution in [3.63, 3.8) is 0 Å². The van der Waals surface area contributed by atoms with Crippen molar-refractivity contribution in [1.29, 1.82) is 0 Å². The van der Waals surface area contributed by atoms with Crippen molar-refractivity contribution in [1.82, 2.24) is 0 Å². The molecular formula is C30H38F2. The highest BCUT2D eigenvalue weighted by Crippen LogP contribution is 2.29. The Hall–Kier alpha value is -2.22. The summed E-state index contributed by atoms with van der Waals surface area (Å²) >= 11 is 0. The average Bonchev–Trinajstić information content (AvgIpc) is 2.81. The Bertz CT molecular complexity index is 905. The summed E-state index contributed by atoms with van der Waals surface area (Å²) in [5.74, 6) is -0.849. The number of unbranched alkanes of at least 4 members (excludes halogenated alkanes) is 2. The molecule has 172 valence electrons. The molecule has 3 rings (SSSR count). The third-order valence-corrected chi connectivity index (χ3v) is 6.60. The summed E-state index contributed by atoms with van der Waals surface area (Å²) in [6, 6.07) is 11.2. The molecule has 0 bridgehead atoms. The number of aryl methyl sites for hydroxylation is 2. The minimum atomic E-state index is -0.734. The summed E-state index contributed by atoms with van der Waals surface area (Å²) in [4.78, 5) is 0. The van der Waals surface area contributed by atoms with Crippen LogP contribution in [0, 0.1) is 17.6 Å². The molecule has 0 saturated carbocycles. The van der Waals surface area contributed by atoms with Crippen LogP contribution in [-0.4, -0.2) is 0 Å². The van der Waals surface area contributed by atoms with Crippen molar-refractivity contribution in [3.8, 4) is 11.1 Å². The van der Waals surface area contributed by atoms with Gasteiger partial charge in [-0.25, -0.2) is 8.78 Å². The summed E-state index contributed by atoms with van der Waals surface area (Å²) in [6.07, 6.45) is 18.9. The van der Waals surface area contributed by atoms with Crippen LogP contribution in [0.1, 0.15) is 82.8 Å². The third-order valence-electron chi connectivity index (χ3n) is 6.60. The molecule has 0 spiro atoms. The Morgan fingerprint density at radius 3 is 2.38 bits per heavy atom. The van der Waals surface area contributed by atoms with Crippen molar-refractivity contribution in [2.75, 3.05) is 0 Å². The zero-order valence-corrected chi connectivity index (χ0v) is 19.8. The fraction of sp³-hybridized carbons (Fsp3) is 0.467. The fourth-order valence-corrected chi connectivity index (χ4v) is 4.59. The number of halogens is 2. The first-order valence-electron chi connectivity index (χ1n) is 12.5. The molecule has 0 nitrogen and oxygen atoms in total. The molecule has 0 N–H and O–H groups in total. The molecule has 0 aromatic heterocycles. The van der Waals surface area contributed by atoms with E-state index >= 15 is 0 Å². The van der Waals surface area contributed by atoms with Gasteiger partial charge >= 0.3 is 0 Å². The minimum absolute atomic E-state index is 0.341. The Morgan fingerprint density at radius 2 is 1.69 bits per heavy atom. The van der Waals surface area contributed by atoms with Gasteiger partial charge in [0.25, 0.3) is 0 Å². The predicted molar refractivity (Wildman–Crippen MR) is 133 cm³/mol. The smallest absolute Gasteiger partial charge is 0.166 e. The molecule has 1 aliphatic rings. The molecule has 1 atom stereocenters. The van der Waals surface area contributed by atoms with Crippen LogP contribution < -0.4 is 0 Å². The quantitative estimate of drug-likeness (QED) is 0.243. The minimum Gasteiger partial charge on any atom is -0.203 e. The molecular weight excluding hydrogens is 398 g/mol. The topological polar surface area (TPSA) is 0 Å². The van der Waals surface area contributed by atoms with E-state index in [4.69, 9.17) is 0 Å². The van der Waals surface area contributed by atoms with Gasteiger partial charge in [-0.1, -0.05) is 93.3 Å². The molecule has 1 aliphatic carbocycles. The van der Waals surface area contributed by atoms with Crippen LogP contribution in [0.15, 0.2) is 60.2 Å². The zero-order chi connectivity index (χ0) is 22.8. The van der Waals surface area contributed by atoms with E-state index in [0.29, 0.717) is 23.5 Å². The van der Waals surface area contributed by atoms with Crippen molar-refractivity contribution >= 4 is 0 Å². The SMILES string of the molecule is CCCCCC1=CCC(C=CCCc2ccc(-c3ccc(CCC)cc3)c(F)c2F)CC1. The van der Waals surface area contributed by atoms with Gasteiger partial charge in [-0.05, 0) is 74.0 Å². The lowest BCUT2D eigenvalue weighted by molar-refractivity contribution is 0.501. The van der Waals surface area contributed by atoms with Crippen LogP contribution in [0.25, 0.3) is 11.1 Å². The lowest BCUT2D eigenvalue weighted by Crippen LogP contribution is -2.03. The maximum Gasteiger partial charge on any atom is 0.166 e. The van der Waals surface area contributed by atoms with Gasteiger partial charge in [0.1, 0.15) is 0 Å². The number of hydrogen-bond acceptors (Lipinski definition) is 0. The number of rotatable bonds is 11. The largest absolute Gasteiger partial charge is 0.203 e. The van der Waals surface area contributed by atoms with Crippen molar-refractivity contribution in [2.24, 2.45) is 5.92 Å². The van der Waals surface area contributed by atoms with E-state index in [2.05, 4.69) is 32.1 Å². The molecule has 32 heavy (non-hydrogen) atoms. The molecule has 2 aromatic rings. The van der Waals surface area contributed by atoms with Crippen LogP contribution in [-0.2, 0) is 12.8 Å². The lowest BCUT2D eigenvalue weighted by Gasteiger charge is -2.19. The number of hydrogen-bond donors (Lipinski definition) is 0. The van der Waals surface area contributed by atoms with E-state index in [1.165, 1.54) is 44.1 Å². The van der Waals surface area contributed by atoms with Crippen molar-refractivity contribution < 1.29 is 8.78 Å². The summed E-state index contributed by atoms with van der Waals surface area (Å²) in [5, 5.41) is 0. The zero-order valence-electron chi connectivity index (χ0n) is 19.8. The van der Waals surface area contributed by atoms with Crippen molar-refractivity contribution in [2.45, 2.75) is 84.5 Å². The highest BCUT2D eigenvalue weighted by atomic mass is 19.2. The molecule has 0 radical (unpaired) electrons. The standard InChI is InChI=1S/C30H38F2/c1-3-5-6-10-24-13-15-25(16-14-24)11-7-8-12-27-21-22-28(30(32)29(27)31)26-19-17-23(9-4-2)18-20-26/h7,11,13,17-22,25H,3-6,8-10,12,14-16H2,1-2H3. The first kappa shape index (κ1) is 24.4. The van der Waals surface area contributed by atoms with Gasteiger partial charge in [0, 0.05) is 5.56 Å². The summed E-state index contributed by atoms with van der Waals surface area (Å²) in [6.45, 7) is 4.38. The van der Waals surface area contributed by atoms with E-state index < -0.39 is 11.6 Å². The van der Waals surface area contributed by atoms with Gasteiger partial charge < -0.3 is 0 Å². The summed E-state index contributed by atoms with van der Waals surface area (Å²) in [7, 11) is 0. The summed E-state index contributed by atoms with van der Waals surface area (Å²) < 4.78 is 29.4. The predicted octanol–water partition coefficient (Wildman–Crippen LogP) is 9.38. The van der Waals surface area contributed by atoms with Gasteiger partial charge in [0.05, 0.1) is 0 Å². The first-order valence-corrected chi connectivity index (χ1v) is 12.5. The van der Waals surface area contributed by atoms with Gasteiger partial charge in [-0.3, -0.25) is 0 Å². The maximum atomic E-state index is 14.7. The molecule has 1 unspecified atom stereocenters. The second kappa shape index (κ2) is 12.7. The molecule has 0 aliphatic heterocycles. The number of allylic oxidation sites excluding steroid dienone is 4. The van der Waals surface area contributed by atoms with E-state index in [1.54, 1.807) is 17.7 Å². The molecule has 0 fully saturated rings. The van der Waals surface area contributed by atoms with Crippen LogP contribution in [0.3, 0.4) is 0 Å². The van der Waals surface area contributed by atoms with Crippen LogP contribution in [0.4, 0.5) is 8.78 Å². The second-order valence-electron chi connectivity index (χ2n) is 9.17. The molecule has 2 aromatic carbocycles. The van der Waals surface area contributed by atoms with Crippen LogP contribution in [0.5, 0.6) is 0 Å². The van der Waals surface area contributed by atoms with E-state index in [-0.39, 0.29) is 0 Å². The van der Waals surface area contributed by atoms with Gasteiger partial charge in [0.2, 0.25) is 0 Å². The Labute approximate surface area is 193 Å². The van der Waals surface area contributed by atoms with Gasteiger partial charge in [-0.2, -0.15) is 0 Å². The number of benzene rings is 2. The second-order valence-corrected chi connectivity index (χ2v) is 9.17. The maximum absolute atomic E-state index is 14.7. The lowest BCUT2D eigenvalue weighted by atomic mass is 9.87. The fourth-order valence-electron chi connectivity index (χ4n) is 4.59. The van der Waals surface area contributed by atoms with Crippen LogP contribution >= 0.6 is 0 Å². The molecule has 2 heteroatoms. The monoisotopic (exact) mass is 436 g/mol. The third kappa shape index (κ3) is 6.89. The first-order chi connectivity index (χ1) is 15.6. The van der Waals surface area contributed by atoms with E-state index in [0.717, 1.165) is 31.2 Å². The van der Waals surface area contributed by atoms with Crippen LogP contribution in [0.2, 0.25) is 0 Å². The Kier molecular flexibility index (Phi) is 9.71. The Balaban J connectivity index is 1.52. The Morgan fingerprint density at radius 1 is 0.875 bits per heavy atom. The molecule has 0 heterocycles. The average molecular weight is 437 g/mol.